The fourth-order valence-electron chi connectivity index (χ4n) is 7.74. The molecule has 0 radical (unpaired) electrons. The van der Waals surface area contributed by atoms with Crippen LogP contribution in [0.4, 0.5) is 0 Å². The van der Waals surface area contributed by atoms with Gasteiger partial charge in [-0.15, -0.1) is 0 Å². The van der Waals surface area contributed by atoms with Crippen LogP contribution in [-0.2, 0) is 43.2 Å². The van der Waals surface area contributed by atoms with Crippen LogP contribution >= 0.6 is 0 Å². The number of carbonyl (C=O) groups excluding carboxylic acids is 2. The molecular formula is C42H60N2O6Si. The lowest BCUT2D eigenvalue weighted by atomic mass is 10.0. The molecule has 2 fully saturated rings. The Balaban J connectivity index is 0.000000253. The summed E-state index contributed by atoms with van der Waals surface area (Å²) in [6.45, 7) is 17.2. The molecule has 2 N–H and O–H groups in total. The molecule has 3 aromatic carbocycles. The molecule has 5 rings (SSSR count). The van der Waals surface area contributed by atoms with Gasteiger partial charge in [-0.1, -0.05) is 133 Å². The number of hydrogen-bond donors (Lipinski definition) is 2. The van der Waals surface area contributed by atoms with E-state index in [1.54, 1.807) is 0 Å². The van der Waals surface area contributed by atoms with Crippen LogP contribution in [0.15, 0.2) is 91.0 Å². The van der Waals surface area contributed by atoms with E-state index in [1.807, 2.05) is 59.5 Å². The fraction of sp³-hybridized carbons (Fsp3) is 0.524. The molecule has 2 aliphatic rings. The summed E-state index contributed by atoms with van der Waals surface area (Å²) in [7, 11) is -1.92. The molecule has 51 heavy (non-hydrogen) atoms. The Labute approximate surface area is 307 Å². The minimum absolute atomic E-state index is 0.000636. The summed E-state index contributed by atoms with van der Waals surface area (Å²) in [5.41, 5.74) is 4.95. The van der Waals surface area contributed by atoms with Crippen molar-refractivity contribution in [1.82, 2.24) is 10.2 Å². The van der Waals surface area contributed by atoms with E-state index < -0.39 is 14.4 Å². The largest absolute Gasteiger partial charge is 0.413 e. The van der Waals surface area contributed by atoms with Crippen LogP contribution in [0.1, 0.15) is 71.1 Å². The molecule has 0 spiro atoms. The smallest absolute Gasteiger partial charge is 0.223 e. The molecule has 0 bridgehead atoms. The van der Waals surface area contributed by atoms with Gasteiger partial charge in [0.1, 0.15) is 0 Å². The first kappa shape index (κ1) is 40.4. The number of hydrogen-bond acceptors (Lipinski definition) is 6. The van der Waals surface area contributed by atoms with Crippen LogP contribution < -0.4 is 5.32 Å². The number of likely N-dealkylation sites (tertiary alicyclic amines) is 1. The van der Waals surface area contributed by atoms with Crippen LogP contribution in [0.2, 0.25) is 16.6 Å². The third kappa shape index (κ3) is 11.8. The summed E-state index contributed by atoms with van der Waals surface area (Å²) in [5.74, 6) is 0.343. The molecule has 0 saturated carbocycles. The lowest BCUT2D eigenvalue weighted by molar-refractivity contribution is -0.128. The van der Waals surface area contributed by atoms with Crippen LogP contribution in [0, 0.1) is 11.8 Å². The summed E-state index contributed by atoms with van der Waals surface area (Å²) >= 11 is 0. The summed E-state index contributed by atoms with van der Waals surface area (Å²) in [6, 6.07) is 30.4. The third-order valence-corrected chi connectivity index (χ3v) is 16.5. The molecule has 9 heteroatoms. The van der Waals surface area contributed by atoms with E-state index in [0.717, 1.165) is 16.7 Å². The zero-order chi connectivity index (χ0) is 36.8. The molecule has 2 heterocycles. The van der Waals surface area contributed by atoms with Gasteiger partial charge in [0.25, 0.3) is 0 Å². The van der Waals surface area contributed by atoms with Gasteiger partial charge in [-0.05, 0) is 33.3 Å². The Hall–Kier alpha value is -3.34. The zero-order valence-corrected chi connectivity index (χ0v) is 32.5. The first-order valence-corrected chi connectivity index (χ1v) is 20.8. The van der Waals surface area contributed by atoms with E-state index in [4.69, 9.17) is 13.9 Å². The second-order valence-corrected chi connectivity index (χ2v) is 20.5. The van der Waals surface area contributed by atoms with Gasteiger partial charge in [0.2, 0.25) is 11.8 Å². The van der Waals surface area contributed by atoms with Crippen molar-refractivity contribution in [3.8, 4) is 0 Å². The molecule has 0 unspecified atom stereocenters. The van der Waals surface area contributed by atoms with Gasteiger partial charge in [-0.2, -0.15) is 0 Å². The lowest BCUT2D eigenvalue weighted by Gasteiger charge is -2.42. The first-order chi connectivity index (χ1) is 24.5. The molecule has 3 aromatic rings. The van der Waals surface area contributed by atoms with Gasteiger partial charge < -0.3 is 29.2 Å². The van der Waals surface area contributed by atoms with Crippen molar-refractivity contribution >= 4 is 20.1 Å². The minimum atomic E-state index is -1.92. The summed E-state index contributed by atoms with van der Waals surface area (Å²) < 4.78 is 18.7. The summed E-state index contributed by atoms with van der Waals surface area (Å²) in [5, 5.41) is 13.1. The van der Waals surface area contributed by atoms with Gasteiger partial charge in [0.05, 0.1) is 38.6 Å². The SMILES string of the molecule is CC(C)[Si](OC[C@@H](O)[C@@H]1CNC(=O)C1)(C(C)C)C(C)C.O=C1C[C@H]([C@@H](COCc2ccccc2)OCc2ccccc2)CN1Cc1ccccc1. The van der Waals surface area contributed by atoms with Crippen molar-refractivity contribution < 1.29 is 28.6 Å². The van der Waals surface area contributed by atoms with Gasteiger partial charge in [0, 0.05) is 44.3 Å². The first-order valence-electron chi connectivity index (χ1n) is 18.7. The third-order valence-electron chi connectivity index (χ3n) is 10.5. The van der Waals surface area contributed by atoms with Crippen molar-refractivity contribution in [2.75, 3.05) is 26.3 Å². The maximum Gasteiger partial charge on any atom is 0.223 e. The van der Waals surface area contributed by atoms with Crippen molar-refractivity contribution in [3.63, 3.8) is 0 Å². The van der Waals surface area contributed by atoms with Crippen molar-refractivity contribution in [2.45, 2.75) is 103 Å². The Kier molecular flexibility index (Phi) is 15.9. The maximum atomic E-state index is 12.7. The van der Waals surface area contributed by atoms with E-state index in [9.17, 15) is 14.7 Å². The highest BCUT2D eigenvalue weighted by molar-refractivity contribution is 6.77. The Morgan fingerprint density at radius 1 is 0.725 bits per heavy atom. The van der Waals surface area contributed by atoms with E-state index >= 15 is 0 Å². The van der Waals surface area contributed by atoms with E-state index in [0.29, 0.717) is 75.5 Å². The van der Waals surface area contributed by atoms with Crippen LogP contribution in [0.25, 0.3) is 0 Å². The predicted octanol–water partition coefficient (Wildman–Crippen LogP) is 7.51. The Morgan fingerprint density at radius 2 is 1.25 bits per heavy atom. The van der Waals surface area contributed by atoms with Crippen molar-refractivity contribution in [2.24, 2.45) is 11.8 Å². The fourth-order valence-corrected chi connectivity index (χ4v) is 13.2. The molecular weight excluding hydrogens is 657 g/mol. The van der Waals surface area contributed by atoms with Crippen molar-refractivity contribution in [3.05, 3.63) is 108 Å². The topological polar surface area (TPSA) is 97.3 Å². The van der Waals surface area contributed by atoms with Gasteiger partial charge in [-0.25, -0.2) is 0 Å². The quantitative estimate of drug-likeness (QED) is 0.140. The predicted molar refractivity (Wildman–Crippen MR) is 205 cm³/mol. The average Bonchev–Trinajstić information content (AvgIpc) is 3.72. The normalized spacial score (nSPS) is 19.0. The monoisotopic (exact) mass is 716 g/mol. The molecule has 0 aromatic heterocycles. The Morgan fingerprint density at radius 3 is 1.76 bits per heavy atom. The highest BCUT2D eigenvalue weighted by Gasteiger charge is 2.46. The average molecular weight is 717 g/mol. The summed E-state index contributed by atoms with van der Waals surface area (Å²) in [6.07, 6.45) is 0.246. The minimum Gasteiger partial charge on any atom is -0.413 e. The highest BCUT2D eigenvalue weighted by atomic mass is 28.4. The number of nitrogens with zero attached hydrogens (tertiary/aromatic N) is 1. The number of nitrogens with one attached hydrogen (secondary N) is 1. The van der Waals surface area contributed by atoms with Gasteiger partial charge >= 0.3 is 0 Å². The number of aliphatic hydroxyl groups is 1. The Bertz CT molecular complexity index is 1430. The van der Waals surface area contributed by atoms with Gasteiger partial charge in [-0.3, -0.25) is 9.59 Å². The maximum absolute atomic E-state index is 12.7. The zero-order valence-electron chi connectivity index (χ0n) is 31.5. The number of benzene rings is 3. The molecule has 2 saturated heterocycles. The van der Waals surface area contributed by atoms with E-state index in [-0.39, 0.29) is 29.8 Å². The summed E-state index contributed by atoms with van der Waals surface area (Å²) in [4.78, 5) is 25.9. The number of carbonyl (C=O) groups is 2. The standard InChI is InChI=1S/C27H29NO3.C15H31NO3Si/c29-27-16-25(18-28(27)17-22-10-4-1-5-11-22)26(31-20-24-14-8-3-9-15-24)21-30-19-23-12-6-2-7-13-23;1-10(2)20(11(3)4,12(5)6)19-9-14(17)13-7-15(18)16-8-13/h1-15,25-26H,16-21H2;10-14,17H,7-9H2,1-6H3,(H,16,18)/t25-,26+;13-,14+/m00/s1. The lowest BCUT2D eigenvalue weighted by Crippen LogP contribution is -2.49. The van der Waals surface area contributed by atoms with Crippen LogP contribution in [0.3, 0.4) is 0 Å². The molecule has 8 nitrogen and oxygen atoms in total. The molecule has 278 valence electrons. The highest BCUT2D eigenvalue weighted by Crippen LogP contribution is 2.42. The van der Waals surface area contributed by atoms with Crippen LogP contribution in [-0.4, -0.2) is 68.6 Å². The van der Waals surface area contributed by atoms with Crippen molar-refractivity contribution in [1.29, 1.82) is 0 Å². The molecule has 2 amide bonds. The van der Waals surface area contributed by atoms with Gasteiger partial charge in [0.15, 0.2) is 8.32 Å². The van der Waals surface area contributed by atoms with Crippen LogP contribution in [0.5, 0.6) is 0 Å². The number of ether oxygens (including phenoxy) is 2. The second kappa shape index (κ2) is 20.0. The van der Waals surface area contributed by atoms with E-state index in [2.05, 4.69) is 83.3 Å². The number of amides is 2. The number of rotatable bonds is 17. The second-order valence-electron chi connectivity index (χ2n) is 15.0. The number of aliphatic hydroxyl groups excluding tert-OH is 1. The molecule has 0 aliphatic carbocycles. The van der Waals surface area contributed by atoms with E-state index in [1.165, 1.54) is 0 Å². The molecule has 2 aliphatic heterocycles. The molecule has 4 atom stereocenters.